The van der Waals surface area contributed by atoms with E-state index in [0.29, 0.717) is 12.4 Å². The summed E-state index contributed by atoms with van der Waals surface area (Å²) >= 11 is 3.09. The second-order valence-corrected chi connectivity index (χ2v) is 4.91. The van der Waals surface area contributed by atoms with Crippen molar-refractivity contribution in [3.63, 3.8) is 0 Å². The summed E-state index contributed by atoms with van der Waals surface area (Å²) in [5.74, 6) is 0.370. The molecule has 0 bridgehead atoms. The van der Waals surface area contributed by atoms with Gasteiger partial charge in [0, 0.05) is 6.42 Å². The van der Waals surface area contributed by atoms with E-state index < -0.39 is 11.7 Å². The van der Waals surface area contributed by atoms with Gasteiger partial charge in [-0.1, -0.05) is 0 Å². The first kappa shape index (κ1) is 13.7. The highest BCUT2D eigenvalue weighted by Gasteiger charge is 2.31. The Kier molecular flexibility index (Phi) is 4.17. The van der Waals surface area contributed by atoms with E-state index in [1.165, 1.54) is 6.07 Å². The summed E-state index contributed by atoms with van der Waals surface area (Å²) in [6, 6.07) is 3.33. The van der Waals surface area contributed by atoms with Gasteiger partial charge < -0.3 is 9.47 Å². The highest BCUT2D eigenvalue weighted by molar-refractivity contribution is 9.10. The summed E-state index contributed by atoms with van der Waals surface area (Å²) in [7, 11) is 0. The molecular weight excluding hydrogens is 313 g/mol. The van der Waals surface area contributed by atoms with Gasteiger partial charge in [-0.05, 0) is 47.0 Å². The van der Waals surface area contributed by atoms with Crippen LogP contribution >= 0.6 is 15.9 Å². The third kappa shape index (κ3) is 3.38. The second kappa shape index (κ2) is 5.48. The first-order chi connectivity index (χ1) is 8.47. The lowest BCUT2D eigenvalue weighted by atomic mass is 10.2. The molecule has 0 radical (unpaired) electrons. The molecule has 0 aromatic heterocycles. The van der Waals surface area contributed by atoms with E-state index in [2.05, 4.69) is 15.9 Å². The van der Waals surface area contributed by atoms with Crippen molar-refractivity contribution in [1.29, 1.82) is 0 Å². The first-order valence-electron chi connectivity index (χ1n) is 5.62. The number of alkyl halides is 3. The van der Waals surface area contributed by atoms with Crippen molar-refractivity contribution in [2.75, 3.05) is 6.61 Å². The van der Waals surface area contributed by atoms with E-state index in [4.69, 9.17) is 9.47 Å². The van der Waals surface area contributed by atoms with Crippen molar-refractivity contribution in [3.05, 3.63) is 28.2 Å². The summed E-state index contributed by atoms with van der Waals surface area (Å²) in [5.41, 5.74) is -0.703. The average Bonchev–Trinajstić information content (AvgIpc) is 2.32. The van der Waals surface area contributed by atoms with Gasteiger partial charge in [0.1, 0.15) is 5.75 Å². The average molecular weight is 325 g/mol. The molecule has 1 saturated heterocycles. The van der Waals surface area contributed by atoms with E-state index in [9.17, 15) is 13.2 Å². The summed E-state index contributed by atoms with van der Waals surface area (Å²) in [6.45, 7) is 0.628. The molecule has 18 heavy (non-hydrogen) atoms. The molecule has 2 rings (SSSR count). The van der Waals surface area contributed by atoms with Gasteiger partial charge in [0.25, 0.3) is 0 Å². The Morgan fingerprint density at radius 1 is 1.28 bits per heavy atom. The standard InChI is InChI=1S/C12H12BrF3O2/c13-9-7-8(12(14,15)16)4-5-10(9)18-11-3-1-2-6-17-11/h4-5,7,11H,1-3,6H2. The number of benzene rings is 1. The zero-order chi connectivity index (χ0) is 13.2. The fraction of sp³-hybridized carbons (Fsp3) is 0.500. The molecule has 100 valence electrons. The maximum absolute atomic E-state index is 12.5. The minimum atomic E-state index is -4.34. The van der Waals surface area contributed by atoms with Gasteiger partial charge in [-0.2, -0.15) is 13.2 Å². The van der Waals surface area contributed by atoms with Crippen LogP contribution in [0.5, 0.6) is 5.75 Å². The van der Waals surface area contributed by atoms with Crippen LogP contribution in [-0.2, 0) is 10.9 Å². The van der Waals surface area contributed by atoms with Crippen LogP contribution in [0.1, 0.15) is 24.8 Å². The second-order valence-electron chi connectivity index (χ2n) is 4.06. The van der Waals surface area contributed by atoms with Crippen LogP contribution in [0.3, 0.4) is 0 Å². The monoisotopic (exact) mass is 324 g/mol. The van der Waals surface area contributed by atoms with Gasteiger partial charge in [0.05, 0.1) is 16.6 Å². The molecule has 1 aromatic rings. The SMILES string of the molecule is FC(F)(F)c1ccc(OC2CCCCO2)c(Br)c1. The van der Waals surface area contributed by atoms with Gasteiger partial charge in [-0.15, -0.1) is 0 Å². The summed E-state index contributed by atoms with van der Waals surface area (Å²) in [6.07, 6.45) is -1.96. The fourth-order valence-electron chi connectivity index (χ4n) is 1.72. The van der Waals surface area contributed by atoms with Crippen molar-refractivity contribution in [2.24, 2.45) is 0 Å². The third-order valence-electron chi connectivity index (χ3n) is 2.66. The highest BCUT2D eigenvalue weighted by Crippen LogP contribution is 2.35. The van der Waals surface area contributed by atoms with Gasteiger partial charge in [0.15, 0.2) is 6.29 Å². The minimum absolute atomic E-state index is 0.284. The van der Waals surface area contributed by atoms with Crippen molar-refractivity contribution in [1.82, 2.24) is 0 Å². The Hall–Kier alpha value is -0.750. The van der Waals surface area contributed by atoms with Crippen LogP contribution in [0.2, 0.25) is 0 Å². The lowest BCUT2D eigenvalue weighted by molar-refractivity contribution is -0.137. The lowest BCUT2D eigenvalue weighted by Crippen LogP contribution is -2.25. The Bertz CT molecular complexity index is 414. The van der Waals surface area contributed by atoms with Gasteiger partial charge in [-0.25, -0.2) is 0 Å². The van der Waals surface area contributed by atoms with E-state index in [1.54, 1.807) is 0 Å². The quantitative estimate of drug-likeness (QED) is 0.804. The molecule has 0 spiro atoms. The molecule has 1 aliphatic rings. The van der Waals surface area contributed by atoms with E-state index >= 15 is 0 Å². The van der Waals surface area contributed by atoms with Crippen molar-refractivity contribution in [3.8, 4) is 5.75 Å². The Labute approximate surface area is 111 Å². The number of halogens is 4. The molecule has 1 fully saturated rings. The topological polar surface area (TPSA) is 18.5 Å². The van der Waals surface area contributed by atoms with Crippen molar-refractivity contribution >= 4 is 15.9 Å². The van der Waals surface area contributed by atoms with E-state index in [-0.39, 0.29) is 10.8 Å². The Morgan fingerprint density at radius 2 is 2.06 bits per heavy atom. The van der Waals surface area contributed by atoms with E-state index in [1.807, 2.05) is 0 Å². The normalized spacial score (nSPS) is 20.8. The van der Waals surface area contributed by atoms with E-state index in [0.717, 1.165) is 31.4 Å². The predicted octanol–water partition coefficient (Wildman–Crippen LogP) is 4.37. The van der Waals surface area contributed by atoms with Crippen LogP contribution in [-0.4, -0.2) is 12.9 Å². The molecule has 1 heterocycles. The smallest absolute Gasteiger partial charge is 0.416 e. The zero-order valence-corrected chi connectivity index (χ0v) is 11.1. The molecule has 1 atom stereocenters. The molecule has 1 aromatic carbocycles. The Morgan fingerprint density at radius 3 is 2.61 bits per heavy atom. The van der Waals surface area contributed by atoms with Crippen LogP contribution in [0, 0.1) is 0 Å². The third-order valence-corrected chi connectivity index (χ3v) is 3.28. The highest BCUT2D eigenvalue weighted by atomic mass is 79.9. The molecule has 0 aliphatic carbocycles. The van der Waals surface area contributed by atoms with Crippen LogP contribution in [0.4, 0.5) is 13.2 Å². The number of ether oxygens (including phenoxy) is 2. The summed E-state index contributed by atoms with van der Waals surface area (Å²) in [5, 5.41) is 0. The first-order valence-corrected chi connectivity index (χ1v) is 6.41. The van der Waals surface area contributed by atoms with Crippen LogP contribution in [0.25, 0.3) is 0 Å². The molecule has 0 amide bonds. The number of rotatable bonds is 2. The Balaban J connectivity index is 2.09. The molecule has 2 nitrogen and oxygen atoms in total. The molecule has 1 aliphatic heterocycles. The fourth-order valence-corrected chi connectivity index (χ4v) is 2.19. The maximum atomic E-state index is 12.5. The number of hydrogen-bond acceptors (Lipinski definition) is 2. The summed E-state index contributed by atoms with van der Waals surface area (Å²) < 4.78 is 48.6. The summed E-state index contributed by atoms with van der Waals surface area (Å²) in [4.78, 5) is 0. The zero-order valence-electron chi connectivity index (χ0n) is 9.47. The molecule has 6 heteroatoms. The number of hydrogen-bond donors (Lipinski definition) is 0. The minimum Gasteiger partial charge on any atom is -0.464 e. The predicted molar refractivity (Wildman–Crippen MR) is 63.4 cm³/mol. The molecule has 1 unspecified atom stereocenters. The largest absolute Gasteiger partial charge is 0.464 e. The molecule has 0 saturated carbocycles. The van der Waals surface area contributed by atoms with Gasteiger partial charge >= 0.3 is 6.18 Å². The molecule has 0 N–H and O–H groups in total. The lowest BCUT2D eigenvalue weighted by Gasteiger charge is -2.24. The maximum Gasteiger partial charge on any atom is 0.416 e. The van der Waals surface area contributed by atoms with Gasteiger partial charge in [-0.3, -0.25) is 0 Å². The van der Waals surface area contributed by atoms with Crippen LogP contribution < -0.4 is 4.74 Å². The molecular formula is C12H12BrF3O2. The van der Waals surface area contributed by atoms with Crippen molar-refractivity contribution < 1.29 is 22.6 Å². The van der Waals surface area contributed by atoms with Gasteiger partial charge in [0.2, 0.25) is 0 Å². The van der Waals surface area contributed by atoms with Crippen LogP contribution in [0.15, 0.2) is 22.7 Å². The van der Waals surface area contributed by atoms with Crippen molar-refractivity contribution in [2.45, 2.75) is 31.7 Å².